The number of methoxy groups -OCH3 is 1. The van der Waals surface area contributed by atoms with Crippen LogP contribution in [-0.4, -0.2) is 24.3 Å². The summed E-state index contributed by atoms with van der Waals surface area (Å²) in [4.78, 5) is 0. The average molecular weight is 286 g/mol. The van der Waals surface area contributed by atoms with Gasteiger partial charge in [-0.15, -0.1) is 0 Å². The topological polar surface area (TPSA) is 58.9 Å². The molecule has 0 fully saturated rings. The molecule has 0 unspecified atom stereocenters. The lowest BCUT2D eigenvalue weighted by Gasteiger charge is -2.14. The molecule has 4 nitrogen and oxygen atoms in total. The van der Waals surface area contributed by atoms with Gasteiger partial charge in [-0.2, -0.15) is 0 Å². The molecule has 0 saturated carbocycles. The van der Waals surface area contributed by atoms with Gasteiger partial charge in [0.15, 0.2) is 0 Å². The van der Waals surface area contributed by atoms with Crippen LogP contribution in [0.4, 0.5) is 0 Å². The minimum absolute atomic E-state index is 0.291. The number of rotatable bonds is 5. The molecule has 2 N–H and O–H groups in total. The Balaban J connectivity index is 2.21. The predicted octanol–water partition coefficient (Wildman–Crippen LogP) is 1.57. The second-order valence-electron chi connectivity index (χ2n) is 5.00. The summed E-state index contributed by atoms with van der Waals surface area (Å²) < 4.78 is 10.8. The maximum atomic E-state index is 9.44. The fraction of sp³-hybridized carbons (Fsp3) is 0.250. The standard InChI is InChI=1S/C16H19BO4/c1-11-4-5-12(2)13(8-11)10-21-16-7-6-14(20-3)9-15(16)17(18)19/h4-9,18-19H,10H2,1-3H3. The first kappa shape index (κ1) is 15.4. The summed E-state index contributed by atoms with van der Waals surface area (Å²) in [5, 5.41) is 18.9. The minimum atomic E-state index is -1.60. The van der Waals surface area contributed by atoms with E-state index in [0.717, 1.165) is 16.7 Å². The monoisotopic (exact) mass is 286 g/mol. The molecule has 0 heterocycles. The van der Waals surface area contributed by atoms with Gasteiger partial charge in [0.25, 0.3) is 0 Å². The smallest absolute Gasteiger partial charge is 0.492 e. The maximum absolute atomic E-state index is 9.44. The number of hydrogen-bond acceptors (Lipinski definition) is 4. The SMILES string of the molecule is COc1ccc(OCc2cc(C)ccc2C)c(B(O)O)c1. The molecule has 2 aromatic rings. The predicted molar refractivity (Wildman–Crippen MR) is 83.1 cm³/mol. The molecular weight excluding hydrogens is 267 g/mol. The van der Waals surface area contributed by atoms with Crippen molar-refractivity contribution in [1.29, 1.82) is 0 Å². The Morgan fingerprint density at radius 3 is 2.48 bits per heavy atom. The van der Waals surface area contributed by atoms with Gasteiger partial charge in [-0.25, -0.2) is 0 Å². The highest BCUT2D eigenvalue weighted by atomic mass is 16.5. The van der Waals surface area contributed by atoms with E-state index in [1.807, 2.05) is 19.9 Å². The van der Waals surface area contributed by atoms with Crippen LogP contribution in [-0.2, 0) is 6.61 Å². The molecule has 0 radical (unpaired) electrons. The van der Waals surface area contributed by atoms with Crippen molar-refractivity contribution in [2.45, 2.75) is 20.5 Å². The number of aryl methyl sites for hydroxylation is 2. The Hall–Kier alpha value is -1.98. The van der Waals surface area contributed by atoms with Crippen molar-refractivity contribution >= 4 is 12.6 Å². The normalized spacial score (nSPS) is 10.3. The average Bonchev–Trinajstić information content (AvgIpc) is 2.48. The third-order valence-corrected chi connectivity index (χ3v) is 3.38. The number of benzene rings is 2. The van der Waals surface area contributed by atoms with Gasteiger partial charge in [-0.05, 0) is 43.2 Å². The highest BCUT2D eigenvalue weighted by molar-refractivity contribution is 6.59. The first-order chi connectivity index (χ1) is 10.0. The summed E-state index contributed by atoms with van der Waals surface area (Å²) in [6, 6.07) is 11.1. The molecule has 0 bridgehead atoms. The van der Waals surface area contributed by atoms with Gasteiger partial charge in [-0.1, -0.05) is 23.8 Å². The summed E-state index contributed by atoms with van der Waals surface area (Å²) in [5.74, 6) is 0.990. The van der Waals surface area contributed by atoms with E-state index in [4.69, 9.17) is 9.47 Å². The third kappa shape index (κ3) is 3.77. The lowest BCUT2D eigenvalue weighted by molar-refractivity contribution is 0.305. The van der Waals surface area contributed by atoms with Crippen LogP contribution in [0, 0.1) is 13.8 Å². The van der Waals surface area contributed by atoms with E-state index in [0.29, 0.717) is 23.6 Å². The van der Waals surface area contributed by atoms with Gasteiger partial charge in [0, 0.05) is 5.46 Å². The molecule has 5 heteroatoms. The first-order valence-corrected chi connectivity index (χ1v) is 6.74. The molecule has 0 amide bonds. The lowest BCUT2D eigenvalue weighted by atomic mass is 9.79. The fourth-order valence-corrected chi connectivity index (χ4v) is 2.10. The fourth-order valence-electron chi connectivity index (χ4n) is 2.10. The quantitative estimate of drug-likeness (QED) is 0.819. The molecule has 0 aromatic heterocycles. The van der Waals surface area contributed by atoms with Crippen LogP contribution in [0.5, 0.6) is 11.5 Å². The minimum Gasteiger partial charge on any atom is -0.497 e. The molecule has 0 atom stereocenters. The van der Waals surface area contributed by atoms with Gasteiger partial charge in [0.05, 0.1) is 7.11 Å². The Labute approximate surface area is 125 Å². The van der Waals surface area contributed by atoms with Crippen LogP contribution in [0.15, 0.2) is 36.4 Å². The zero-order valence-corrected chi connectivity index (χ0v) is 12.5. The van der Waals surface area contributed by atoms with Crippen molar-refractivity contribution in [2.75, 3.05) is 7.11 Å². The van der Waals surface area contributed by atoms with E-state index in [2.05, 4.69) is 12.1 Å². The van der Waals surface area contributed by atoms with Gasteiger partial charge in [-0.3, -0.25) is 0 Å². The van der Waals surface area contributed by atoms with Crippen molar-refractivity contribution in [1.82, 2.24) is 0 Å². The van der Waals surface area contributed by atoms with Crippen LogP contribution in [0.1, 0.15) is 16.7 Å². The molecule has 110 valence electrons. The van der Waals surface area contributed by atoms with Crippen LogP contribution in [0.3, 0.4) is 0 Å². The highest BCUT2D eigenvalue weighted by Gasteiger charge is 2.18. The van der Waals surface area contributed by atoms with Crippen molar-refractivity contribution in [3.05, 3.63) is 53.1 Å². The van der Waals surface area contributed by atoms with E-state index in [-0.39, 0.29) is 0 Å². The number of hydrogen-bond donors (Lipinski definition) is 2. The molecular formula is C16H19BO4. The summed E-state index contributed by atoms with van der Waals surface area (Å²) in [5.41, 5.74) is 3.67. The second kappa shape index (κ2) is 6.65. The van der Waals surface area contributed by atoms with Crippen LogP contribution in [0.2, 0.25) is 0 Å². The van der Waals surface area contributed by atoms with E-state index >= 15 is 0 Å². The van der Waals surface area contributed by atoms with Gasteiger partial charge in [0.1, 0.15) is 18.1 Å². The largest absolute Gasteiger partial charge is 0.497 e. The highest BCUT2D eigenvalue weighted by Crippen LogP contribution is 2.18. The van der Waals surface area contributed by atoms with Crippen LogP contribution < -0.4 is 14.9 Å². The molecule has 0 saturated heterocycles. The Bertz CT molecular complexity index is 626. The molecule has 0 aliphatic carbocycles. The van der Waals surface area contributed by atoms with Gasteiger partial charge >= 0.3 is 7.12 Å². The second-order valence-corrected chi connectivity index (χ2v) is 5.00. The zero-order chi connectivity index (χ0) is 15.4. The maximum Gasteiger partial charge on any atom is 0.492 e. The molecule has 0 spiro atoms. The van der Waals surface area contributed by atoms with E-state index < -0.39 is 7.12 Å². The van der Waals surface area contributed by atoms with Crippen LogP contribution in [0.25, 0.3) is 0 Å². The van der Waals surface area contributed by atoms with Crippen LogP contribution >= 0.6 is 0 Å². The third-order valence-electron chi connectivity index (χ3n) is 3.38. The van der Waals surface area contributed by atoms with Crippen molar-refractivity contribution in [3.63, 3.8) is 0 Å². The molecule has 0 aliphatic rings. The Morgan fingerprint density at radius 2 is 1.81 bits per heavy atom. The molecule has 2 aromatic carbocycles. The van der Waals surface area contributed by atoms with E-state index in [1.165, 1.54) is 7.11 Å². The van der Waals surface area contributed by atoms with E-state index in [9.17, 15) is 10.0 Å². The first-order valence-electron chi connectivity index (χ1n) is 6.74. The zero-order valence-electron chi connectivity index (χ0n) is 12.5. The Morgan fingerprint density at radius 1 is 1.05 bits per heavy atom. The van der Waals surface area contributed by atoms with Crippen molar-refractivity contribution in [2.24, 2.45) is 0 Å². The Kier molecular flexibility index (Phi) is 4.88. The van der Waals surface area contributed by atoms with Crippen molar-refractivity contribution < 1.29 is 19.5 Å². The van der Waals surface area contributed by atoms with E-state index in [1.54, 1.807) is 18.2 Å². The van der Waals surface area contributed by atoms with Gasteiger partial charge in [0.2, 0.25) is 0 Å². The summed E-state index contributed by atoms with van der Waals surface area (Å²) >= 11 is 0. The summed E-state index contributed by atoms with van der Waals surface area (Å²) in [6.45, 7) is 4.42. The van der Waals surface area contributed by atoms with Gasteiger partial charge < -0.3 is 19.5 Å². The summed E-state index contributed by atoms with van der Waals surface area (Å²) in [6.07, 6.45) is 0. The molecule has 21 heavy (non-hydrogen) atoms. The number of ether oxygens (including phenoxy) is 2. The molecule has 0 aliphatic heterocycles. The summed E-state index contributed by atoms with van der Waals surface area (Å²) in [7, 11) is -0.0758. The molecule has 2 rings (SSSR count). The van der Waals surface area contributed by atoms with Crippen molar-refractivity contribution in [3.8, 4) is 11.5 Å². The lowest BCUT2D eigenvalue weighted by Crippen LogP contribution is -2.31.